The van der Waals surface area contributed by atoms with Crippen molar-refractivity contribution >= 4 is 39.5 Å². The molecule has 4 aliphatic heterocycles. The van der Waals surface area contributed by atoms with Gasteiger partial charge in [-0.3, -0.25) is 4.79 Å². The lowest BCUT2D eigenvalue weighted by Gasteiger charge is -2.39. The van der Waals surface area contributed by atoms with E-state index in [0.29, 0.717) is 47.0 Å². The molecule has 2 saturated carbocycles. The first-order valence-electron chi connectivity index (χ1n) is 25.2. The molecule has 3 aliphatic carbocycles. The molecule has 71 heavy (non-hydrogen) atoms. The number of nitrogens with one attached hydrogen (secondary N) is 1. The Morgan fingerprint density at radius 2 is 1.89 bits per heavy atom. The summed E-state index contributed by atoms with van der Waals surface area (Å²) in [7, 11) is 3.85. The van der Waals surface area contributed by atoms with Crippen LogP contribution in [0.15, 0.2) is 78.9 Å². The number of aliphatic hydroxyl groups is 1. The monoisotopic (exact) mass is 989 g/mol. The summed E-state index contributed by atoms with van der Waals surface area (Å²) < 4.78 is 26.9. The van der Waals surface area contributed by atoms with E-state index < -0.39 is 30.2 Å². The number of aliphatic hydroxyl groups excluding tert-OH is 1. The number of hydrogen-bond acceptors (Lipinski definition) is 13. The summed E-state index contributed by atoms with van der Waals surface area (Å²) in [5.41, 5.74) is 15.8. The number of nitrogens with two attached hydrogens (primary N) is 1. The molecule has 5 aromatic rings. The molecule has 0 unspecified atom stereocenters. The number of aromatic nitrogens is 1. The molecule has 6 N–H and O–H groups in total. The van der Waals surface area contributed by atoms with Gasteiger partial charge in [0.05, 0.1) is 17.2 Å². The highest BCUT2D eigenvalue weighted by atomic mass is 33.1. The molecule has 12 rings (SSSR count). The number of pyridine rings is 1. The lowest BCUT2D eigenvalue weighted by atomic mass is 9.65. The second-order valence-electron chi connectivity index (χ2n) is 20.8. The van der Waals surface area contributed by atoms with Gasteiger partial charge in [0, 0.05) is 64.4 Å². The first-order chi connectivity index (χ1) is 34.6. The lowest BCUT2D eigenvalue weighted by Crippen LogP contribution is -2.52. The predicted molar refractivity (Wildman–Crippen MR) is 278 cm³/mol. The van der Waals surface area contributed by atoms with Crippen molar-refractivity contribution < 1.29 is 39.1 Å². The number of hydrogen-bond donors (Lipinski definition) is 5. The van der Waals surface area contributed by atoms with Crippen LogP contribution in [0.3, 0.4) is 0 Å². The third kappa shape index (κ3) is 8.68. The molecular weight excluding hydrogens is 931 g/mol. The number of esters is 1. The van der Waals surface area contributed by atoms with Gasteiger partial charge >= 0.3 is 5.97 Å². The zero-order valence-electron chi connectivity index (χ0n) is 39.8. The number of phenolic OH excluding ortho intramolecular Hbond substituents is 2. The first kappa shape index (κ1) is 46.3. The van der Waals surface area contributed by atoms with Gasteiger partial charge in [-0.1, -0.05) is 94.6 Å². The maximum Gasteiger partial charge on any atom is 0.302 e. The van der Waals surface area contributed by atoms with E-state index >= 15 is 0 Å². The number of nitrogen functional groups attached to an aromatic ring is 1. The largest absolute Gasteiger partial charge is 0.508 e. The van der Waals surface area contributed by atoms with Crippen molar-refractivity contribution in [1.82, 2.24) is 10.3 Å². The van der Waals surface area contributed by atoms with E-state index in [1.165, 1.54) is 25.3 Å². The Balaban J connectivity index is 1.07. The van der Waals surface area contributed by atoms with E-state index in [2.05, 4.69) is 77.8 Å². The molecule has 3 fully saturated rings. The van der Waals surface area contributed by atoms with E-state index in [9.17, 15) is 20.1 Å². The van der Waals surface area contributed by atoms with Crippen molar-refractivity contribution in [3.63, 3.8) is 0 Å². The number of anilines is 1. The van der Waals surface area contributed by atoms with Gasteiger partial charge in [-0.05, 0) is 122 Å². The molecule has 7 aliphatic rings. The fourth-order valence-corrected chi connectivity index (χ4v) is 16.5. The number of carbonyl (C=O) groups is 1. The molecule has 4 aromatic carbocycles. The van der Waals surface area contributed by atoms with Crippen LogP contribution in [0.2, 0.25) is 0 Å². The van der Waals surface area contributed by atoms with E-state index in [1.807, 2.05) is 33.7 Å². The molecule has 1 spiro atoms. The van der Waals surface area contributed by atoms with Crippen molar-refractivity contribution in [1.29, 1.82) is 0 Å². The number of phenols is 2. The van der Waals surface area contributed by atoms with E-state index in [4.69, 9.17) is 29.7 Å². The highest BCUT2D eigenvalue weighted by molar-refractivity contribution is 8.77. The fraction of sp³-hybridized carbons (Fsp3) is 0.414. The Bertz CT molecular complexity index is 3010. The third-order valence-electron chi connectivity index (χ3n) is 16.2. The SMILES string of the molecule is CC(=O)OC[C@H]1c2ccc3c4c2O[C@@H]1c1c(cc(O)c2c1C=C[C@H]1N[C@H]5CCC[C@@H](CSS[C@H](Cc6ccccc6)[C@H]1O2)C5)CC#Cc1nc(N)ccc1C[C@@H]1CC[C@@]4(Cc2cc(O)cc(OCO)c2-3)C1. The normalized spacial score (nSPS) is 27.7. The highest BCUT2D eigenvalue weighted by Gasteiger charge is 2.51. The van der Waals surface area contributed by atoms with E-state index in [0.717, 1.165) is 101 Å². The fourth-order valence-electron chi connectivity index (χ4n) is 13.2. The maximum absolute atomic E-state index is 12.8. The second-order valence-corrected chi connectivity index (χ2v) is 23.4. The van der Waals surface area contributed by atoms with Crippen LogP contribution in [0.5, 0.6) is 28.7 Å². The molecule has 366 valence electrons. The van der Waals surface area contributed by atoms with Crippen molar-refractivity contribution in [2.75, 3.05) is 24.9 Å². The summed E-state index contributed by atoms with van der Waals surface area (Å²) in [5, 5.41) is 37.8. The number of carbonyl (C=O) groups excluding carboxylic acids is 1. The van der Waals surface area contributed by atoms with Crippen LogP contribution in [0.4, 0.5) is 5.82 Å². The minimum absolute atomic E-state index is 0.0226. The quantitative estimate of drug-likeness (QED) is 0.0473. The van der Waals surface area contributed by atoms with Gasteiger partial charge in [-0.25, -0.2) is 4.98 Å². The van der Waals surface area contributed by atoms with Crippen LogP contribution < -0.4 is 25.3 Å². The van der Waals surface area contributed by atoms with Gasteiger partial charge in [0.2, 0.25) is 0 Å². The number of ether oxygens (including phenoxy) is 4. The Kier molecular flexibility index (Phi) is 12.4. The summed E-state index contributed by atoms with van der Waals surface area (Å²) >= 11 is 0. The summed E-state index contributed by atoms with van der Waals surface area (Å²) in [6.45, 7) is 0.929. The zero-order valence-corrected chi connectivity index (χ0v) is 41.5. The Labute approximate surface area is 422 Å². The molecule has 11 nitrogen and oxygen atoms in total. The standard InChI is InChI=1S/C58H59N3O8S2/c1-32(63)66-29-44-41-14-15-42-51-38(24-40(64)26-48(51)67-31-62)28-58-20-19-34(27-58)21-36-13-18-50(59)61-45(36)12-6-10-37-25-47(65)54-43(52(37)55(44)69-56(41)53(42)58)16-17-46-57(68-54)49(23-33-7-3-2-4-8-33)71-70-30-35-9-5-11-39(22-35)60-46/h2-4,7-8,13-18,24-26,34-35,39,44,46,49,55,57,60,62,64-65H,5,9-11,19-23,27-31H2,1H3,(H2,59,61)/t34-,35+,39-,44-,46+,49+,55-,57-,58-/m0/s1. The topological polar surface area (TPSA) is 166 Å². The summed E-state index contributed by atoms with van der Waals surface area (Å²) in [4.78, 5) is 17.6. The minimum atomic E-state index is -0.695. The van der Waals surface area contributed by atoms with Crippen LogP contribution in [-0.4, -0.2) is 68.9 Å². The maximum atomic E-state index is 12.8. The van der Waals surface area contributed by atoms with E-state index in [-0.39, 0.29) is 47.8 Å². The zero-order chi connectivity index (χ0) is 48.4. The van der Waals surface area contributed by atoms with Crippen LogP contribution in [-0.2, 0) is 40.6 Å². The Morgan fingerprint density at radius 1 is 1.00 bits per heavy atom. The summed E-state index contributed by atoms with van der Waals surface area (Å²) in [5.74, 6) is 10.1. The molecule has 0 radical (unpaired) electrons. The van der Waals surface area contributed by atoms with Crippen molar-refractivity contribution in [3.8, 4) is 51.7 Å². The second kappa shape index (κ2) is 19.0. The van der Waals surface area contributed by atoms with Gasteiger partial charge in [-0.2, -0.15) is 0 Å². The molecule has 0 amide bonds. The van der Waals surface area contributed by atoms with Crippen molar-refractivity contribution in [3.05, 3.63) is 129 Å². The molecule has 5 heterocycles. The predicted octanol–water partition coefficient (Wildman–Crippen LogP) is 9.89. The minimum Gasteiger partial charge on any atom is -0.508 e. The summed E-state index contributed by atoms with van der Waals surface area (Å²) in [6, 6.07) is 24.1. The number of fused-ring (bicyclic) bond motifs is 12. The number of nitrogens with zero attached hydrogens (tertiary/aromatic N) is 1. The van der Waals surface area contributed by atoms with Gasteiger partial charge in [0.1, 0.15) is 47.6 Å². The van der Waals surface area contributed by atoms with Gasteiger partial charge < -0.3 is 45.3 Å². The summed E-state index contributed by atoms with van der Waals surface area (Å²) in [6.07, 6.45) is 13.0. The van der Waals surface area contributed by atoms with Crippen LogP contribution >= 0.6 is 21.6 Å². The number of rotatable bonds is 6. The molecule has 1 saturated heterocycles. The number of aromatic hydroxyl groups is 2. The average molecular weight is 990 g/mol. The average Bonchev–Trinajstić information content (AvgIpc) is 3.86. The smallest absolute Gasteiger partial charge is 0.302 e. The van der Waals surface area contributed by atoms with Crippen LogP contribution in [0, 0.1) is 23.7 Å². The van der Waals surface area contributed by atoms with Gasteiger partial charge in [-0.15, -0.1) is 0 Å². The first-order valence-corrected chi connectivity index (χ1v) is 27.6. The van der Waals surface area contributed by atoms with Gasteiger partial charge in [0.15, 0.2) is 18.3 Å². The molecular formula is C58H59N3O8S2. The molecule has 13 heteroatoms. The highest BCUT2D eigenvalue weighted by Crippen LogP contribution is 2.63. The van der Waals surface area contributed by atoms with Crippen molar-refractivity contribution in [2.24, 2.45) is 11.8 Å². The van der Waals surface area contributed by atoms with Gasteiger partial charge in [0.25, 0.3) is 0 Å². The Hall–Kier alpha value is -5.78. The Morgan fingerprint density at radius 3 is 2.75 bits per heavy atom. The molecule has 1 aromatic heterocycles. The van der Waals surface area contributed by atoms with Crippen molar-refractivity contribution in [2.45, 2.75) is 118 Å². The number of benzene rings is 4. The molecule has 6 bridgehead atoms. The third-order valence-corrected chi connectivity index (χ3v) is 19.2. The molecule has 9 atom stereocenters. The lowest BCUT2D eigenvalue weighted by molar-refractivity contribution is -0.141. The van der Waals surface area contributed by atoms with Crippen LogP contribution in [0.25, 0.3) is 17.2 Å². The van der Waals surface area contributed by atoms with Crippen LogP contribution in [0.1, 0.15) is 114 Å². The van der Waals surface area contributed by atoms with E-state index in [1.54, 1.807) is 12.1 Å².